The predicted molar refractivity (Wildman–Crippen MR) is 138 cm³/mol. The number of nitrogens with one attached hydrogen (secondary N) is 3. The van der Waals surface area contributed by atoms with Crippen LogP contribution < -0.4 is 14.8 Å². The highest BCUT2D eigenvalue weighted by Crippen LogP contribution is 2.36. The molecule has 0 spiro atoms. The van der Waals surface area contributed by atoms with Gasteiger partial charge in [0.05, 0.1) is 17.5 Å². The second-order valence-electron chi connectivity index (χ2n) is 10.1. The topological polar surface area (TPSA) is 145 Å². The lowest BCUT2D eigenvalue weighted by atomic mass is 9.86. The van der Waals surface area contributed by atoms with E-state index in [-0.39, 0.29) is 39.5 Å². The maximum absolute atomic E-state index is 13.6. The molecule has 198 valence electrons. The molecule has 10 nitrogen and oxygen atoms in total. The number of fused-ring (bicyclic) bond motifs is 1. The lowest BCUT2D eigenvalue weighted by Gasteiger charge is -2.42. The van der Waals surface area contributed by atoms with Crippen LogP contribution in [0.5, 0.6) is 0 Å². The lowest BCUT2D eigenvalue weighted by Crippen LogP contribution is -2.54. The number of rotatable bonds is 6. The number of Topliss-reactive ketones (excluding diaryl/α,β-unsaturated/α-hetero) is 1. The summed E-state index contributed by atoms with van der Waals surface area (Å²) in [6.45, 7) is 4.51. The monoisotopic (exact) mass is 538 g/mol. The average Bonchev–Trinajstić information content (AvgIpc) is 3.29. The van der Waals surface area contributed by atoms with E-state index < -0.39 is 32.2 Å². The quantitative estimate of drug-likeness (QED) is 0.319. The maximum atomic E-state index is 13.6. The molecule has 4 rings (SSSR count). The molecule has 36 heavy (non-hydrogen) atoms. The zero-order valence-corrected chi connectivity index (χ0v) is 22.3. The molecular formula is C24H34N4O6S2. The molecule has 1 saturated carbocycles. The molecule has 4 N–H and O–H groups in total. The van der Waals surface area contributed by atoms with Crippen molar-refractivity contribution in [2.45, 2.75) is 63.1 Å². The standard InChI is InChI=1S/C24H34N4O6S2/c1-15(2)7-6-8-16-14-28(18-9-4-5-10-18)24(30)21(22(16)29)23-25-19-12-11-17(26-35(3,31)32)13-20(19)36(33,34)27-23/h6-7,11-13,15-16,18,24-27,30H,4-5,8-10,14H2,1-3H3/b7-6+,23-21?/t16-,24?/m1/s1. The molecule has 2 aliphatic heterocycles. The molecule has 1 aromatic carbocycles. The largest absolute Gasteiger partial charge is 0.374 e. The number of carbonyl (C=O) groups excluding carboxylic acids is 1. The van der Waals surface area contributed by atoms with Gasteiger partial charge < -0.3 is 10.4 Å². The summed E-state index contributed by atoms with van der Waals surface area (Å²) in [5, 5.41) is 14.3. The number of nitrogens with zero attached hydrogens (tertiary/aromatic N) is 1. The molecule has 3 aliphatic rings. The first kappa shape index (κ1) is 26.6. The number of piperidine rings is 1. The van der Waals surface area contributed by atoms with Crippen LogP contribution in [0.15, 0.2) is 46.6 Å². The summed E-state index contributed by atoms with van der Waals surface area (Å²) in [6.07, 6.45) is 8.16. The number of aliphatic hydroxyl groups excluding tert-OH is 1. The van der Waals surface area contributed by atoms with E-state index in [9.17, 15) is 26.7 Å². The summed E-state index contributed by atoms with van der Waals surface area (Å²) >= 11 is 0. The molecule has 1 aliphatic carbocycles. The van der Waals surface area contributed by atoms with E-state index in [1.807, 2.05) is 17.1 Å². The molecule has 0 amide bonds. The van der Waals surface area contributed by atoms with E-state index in [1.165, 1.54) is 18.2 Å². The van der Waals surface area contributed by atoms with E-state index in [4.69, 9.17) is 0 Å². The van der Waals surface area contributed by atoms with Crippen LogP contribution in [0.3, 0.4) is 0 Å². The van der Waals surface area contributed by atoms with E-state index in [2.05, 4.69) is 28.6 Å². The number of anilines is 2. The summed E-state index contributed by atoms with van der Waals surface area (Å²) in [6, 6.07) is 4.19. The molecular weight excluding hydrogens is 504 g/mol. The van der Waals surface area contributed by atoms with Crippen molar-refractivity contribution in [1.82, 2.24) is 9.62 Å². The van der Waals surface area contributed by atoms with Gasteiger partial charge in [0, 0.05) is 24.2 Å². The van der Waals surface area contributed by atoms with Gasteiger partial charge in [-0.05, 0) is 43.4 Å². The Balaban J connectivity index is 1.73. The first-order valence-electron chi connectivity index (χ1n) is 12.2. The number of ketones is 1. The Kier molecular flexibility index (Phi) is 7.52. The van der Waals surface area contributed by atoms with Crippen LogP contribution >= 0.6 is 0 Å². The van der Waals surface area contributed by atoms with Gasteiger partial charge in [-0.1, -0.05) is 38.8 Å². The third-order valence-electron chi connectivity index (χ3n) is 6.71. The number of likely N-dealkylation sites (tertiary alicyclic amines) is 1. The number of hydrogen-bond donors (Lipinski definition) is 4. The summed E-state index contributed by atoms with van der Waals surface area (Å²) in [5.74, 6) is -0.442. The Hall–Kier alpha value is -2.41. The summed E-state index contributed by atoms with van der Waals surface area (Å²) in [4.78, 5) is 15.3. The van der Waals surface area contributed by atoms with E-state index in [1.54, 1.807) is 0 Å². The van der Waals surface area contributed by atoms with Gasteiger partial charge in [-0.25, -0.2) is 16.8 Å². The highest BCUT2D eigenvalue weighted by atomic mass is 32.2. The Labute approximate surface area is 212 Å². The van der Waals surface area contributed by atoms with Crippen molar-refractivity contribution >= 4 is 37.2 Å². The van der Waals surface area contributed by atoms with Crippen LogP contribution in [0.1, 0.15) is 46.0 Å². The predicted octanol–water partition coefficient (Wildman–Crippen LogP) is 2.34. The van der Waals surface area contributed by atoms with Crippen molar-refractivity contribution in [2.75, 3.05) is 22.8 Å². The Morgan fingerprint density at radius 3 is 2.58 bits per heavy atom. The lowest BCUT2D eigenvalue weighted by molar-refractivity contribution is -0.129. The molecule has 1 saturated heterocycles. The fourth-order valence-electron chi connectivity index (χ4n) is 5.08. The summed E-state index contributed by atoms with van der Waals surface area (Å²) in [5.41, 5.74) is 0.283. The minimum absolute atomic E-state index is 0.00339. The molecule has 0 aromatic heterocycles. The third kappa shape index (κ3) is 5.77. The number of benzene rings is 1. The number of allylic oxidation sites excluding steroid dienone is 2. The van der Waals surface area contributed by atoms with Gasteiger partial charge in [0.1, 0.15) is 16.9 Å². The zero-order valence-electron chi connectivity index (χ0n) is 20.7. The first-order valence-corrected chi connectivity index (χ1v) is 15.5. The minimum Gasteiger partial charge on any atom is -0.374 e. The second-order valence-corrected chi connectivity index (χ2v) is 13.5. The van der Waals surface area contributed by atoms with Crippen molar-refractivity contribution < 1.29 is 26.7 Å². The molecule has 0 bridgehead atoms. The fraction of sp³-hybridized carbons (Fsp3) is 0.542. The van der Waals surface area contributed by atoms with Crippen LogP contribution in [-0.4, -0.2) is 57.7 Å². The van der Waals surface area contributed by atoms with Crippen molar-refractivity contribution in [3.8, 4) is 0 Å². The van der Waals surface area contributed by atoms with Crippen LogP contribution in [0.25, 0.3) is 0 Å². The maximum Gasteiger partial charge on any atom is 0.265 e. The normalized spacial score (nSPS) is 27.2. The molecule has 2 fully saturated rings. The molecule has 2 heterocycles. The van der Waals surface area contributed by atoms with Gasteiger partial charge in [0.25, 0.3) is 10.0 Å². The van der Waals surface area contributed by atoms with Crippen LogP contribution in [0.4, 0.5) is 11.4 Å². The molecule has 2 atom stereocenters. The van der Waals surface area contributed by atoms with Gasteiger partial charge in [0.2, 0.25) is 10.0 Å². The van der Waals surface area contributed by atoms with E-state index in [0.717, 1.165) is 31.9 Å². The summed E-state index contributed by atoms with van der Waals surface area (Å²) < 4.78 is 54.1. The van der Waals surface area contributed by atoms with Crippen molar-refractivity contribution in [1.29, 1.82) is 0 Å². The Bertz CT molecular complexity index is 1300. The third-order valence-corrected chi connectivity index (χ3v) is 8.71. The Morgan fingerprint density at radius 1 is 1.25 bits per heavy atom. The molecule has 12 heteroatoms. The van der Waals surface area contributed by atoms with Gasteiger partial charge in [-0.15, -0.1) is 0 Å². The van der Waals surface area contributed by atoms with Crippen LogP contribution in [0.2, 0.25) is 0 Å². The number of hydrogen-bond acceptors (Lipinski definition) is 8. The smallest absolute Gasteiger partial charge is 0.265 e. The van der Waals surface area contributed by atoms with Gasteiger partial charge in [-0.2, -0.15) is 0 Å². The highest BCUT2D eigenvalue weighted by Gasteiger charge is 2.44. The molecule has 0 radical (unpaired) electrons. The number of aliphatic hydroxyl groups is 1. The SMILES string of the molecule is CC(C)/C=C/C[C@@H]1CN(C2CCCC2)C(O)C(=C2Nc3ccc(NS(C)(=O)=O)cc3S(=O)(=O)N2)C1=O. The van der Waals surface area contributed by atoms with Crippen LogP contribution in [0, 0.1) is 11.8 Å². The molecule has 1 aromatic rings. The van der Waals surface area contributed by atoms with Crippen molar-refractivity contribution in [3.05, 3.63) is 41.7 Å². The van der Waals surface area contributed by atoms with E-state index in [0.29, 0.717) is 18.9 Å². The fourth-order valence-corrected chi connectivity index (χ4v) is 6.87. The first-order chi connectivity index (χ1) is 16.9. The van der Waals surface area contributed by atoms with Crippen LogP contribution in [-0.2, 0) is 24.8 Å². The number of carbonyl (C=O) groups is 1. The number of sulfonamides is 2. The van der Waals surface area contributed by atoms with Gasteiger partial charge in [0.15, 0.2) is 5.78 Å². The van der Waals surface area contributed by atoms with Crippen molar-refractivity contribution in [2.24, 2.45) is 11.8 Å². The zero-order chi connectivity index (χ0) is 26.3. The average molecular weight is 539 g/mol. The Morgan fingerprint density at radius 2 is 1.94 bits per heavy atom. The summed E-state index contributed by atoms with van der Waals surface area (Å²) in [7, 11) is -7.75. The van der Waals surface area contributed by atoms with E-state index >= 15 is 0 Å². The van der Waals surface area contributed by atoms with Gasteiger partial charge >= 0.3 is 0 Å². The van der Waals surface area contributed by atoms with Gasteiger partial charge in [-0.3, -0.25) is 19.1 Å². The minimum atomic E-state index is -4.15. The van der Waals surface area contributed by atoms with Crippen molar-refractivity contribution in [3.63, 3.8) is 0 Å². The molecule has 1 unspecified atom stereocenters. The second kappa shape index (κ2) is 10.2. The highest BCUT2D eigenvalue weighted by molar-refractivity contribution is 7.92.